The van der Waals surface area contributed by atoms with E-state index in [-0.39, 0.29) is 18.0 Å². The smallest absolute Gasteiger partial charge is 0.236 e. The lowest BCUT2D eigenvalue weighted by Gasteiger charge is -2.38. The highest BCUT2D eigenvalue weighted by Crippen LogP contribution is 2.28. The molecule has 6 nitrogen and oxygen atoms in total. The van der Waals surface area contributed by atoms with Crippen LogP contribution in [0.2, 0.25) is 0 Å². The number of aryl methyl sites for hydroxylation is 2. The summed E-state index contributed by atoms with van der Waals surface area (Å²) in [7, 11) is 0. The van der Waals surface area contributed by atoms with E-state index in [0.29, 0.717) is 6.54 Å². The third-order valence-corrected chi connectivity index (χ3v) is 4.27. The lowest BCUT2D eigenvalue weighted by molar-refractivity contribution is -0.124. The molecule has 0 bridgehead atoms. The van der Waals surface area contributed by atoms with E-state index in [1.807, 2.05) is 11.6 Å². The molecular weight excluding hydrogens is 254 g/mol. The van der Waals surface area contributed by atoms with Crippen LogP contribution in [0.4, 0.5) is 0 Å². The number of nitrogens with zero attached hydrogens (tertiary/aromatic N) is 3. The maximum absolute atomic E-state index is 11.7. The first-order chi connectivity index (χ1) is 9.47. The van der Waals surface area contributed by atoms with E-state index in [4.69, 9.17) is 5.73 Å². The van der Waals surface area contributed by atoms with Crippen molar-refractivity contribution >= 4 is 5.91 Å². The van der Waals surface area contributed by atoms with Gasteiger partial charge >= 0.3 is 0 Å². The first-order valence-electron chi connectivity index (χ1n) is 7.27. The first-order valence-corrected chi connectivity index (χ1v) is 7.27. The monoisotopic (exact) mass is 279 g/mol. The summed E-state index contributed by atoms with van der Waals surface area (Å²) >= 11 is 0. The number of carbonyl (C=O) groups is 1. The Hall–Kier alpha value is -1.40. The maximum Gasteiger partial charge on any atom is 0.236 e. The summed E-state index contributed by atoms with van der Waals surface area (Å²) in [6.45, 7) is 11.5. The molecule has 3 N–H and O–H groups in total. The zero-order valence-electron chi connectivity index (χ0n) is 12.8. The normalized spacial score (nSPS) is 21.9. The molecule has 0 radical (unpaired) electrons. The lowest BCUT2D eigenvalue weighted by atomic mass is 10.0. The third-order valence-electron chi connectivity index (χ3n) is 4.27. The number of amides is 1. The Labute approximate surface area is 120 Å². The second-order valence-corrected chi connectivity index (χ2v) is 5.44. The van der Waals surface area contributed by atoms with E-state index >= 15 is 0 Å². The molecule has 0 spiro atoms. The average Bonchev–Trinajstić information content (AvgIpc) is 2.72. The van der Waals surface area contributed by atoms with Crippen LogP contribution in [0, 0.1) is 13.8 Å². The molecule has 1 saturated heterocycles. The first kappa shape index (κ1) is 15.0. The van der Waals surface area contributed by atoms with Crippen molar-refractivity contribution in [1.29, 1.82) is 0 Å². The Morgan fingerprint density at radius 1 is 1.55 bits per heavy atom. The summed E-state index contributed by atoms with van der Waals surface area (Å²) in [4.78, 5) is 13.8. The Balaban J connectivity index is 2.32. The van der Waals surface area contributed by atoms with Gasteiger partial charge in [0.25, 0.3) is 0 Å². The van der Waals surface area contributed by atoms with Gasteiger partial charge in [-0.25, -0.2) is 0 Å². The van der Waals surface area contributed by atoms with Gasteiger partial charge in [-0.3, -0.25) is 14.4 Å². The average molecular weight is 279 g/mol. The van der Waals surface area contributed by atoms with Gasteiger partial charge in [0.15, 0.2) is 0 Å². The minimum atomic E-state index is -0.262. The number of hydrogen-bond donors (Lipinski definition) is 2. The lowest BCUT2D eigenvalue weighted by Crippen LogP contribution is -2.57. The Morgan fingerprint density at radius 2 is 2.25 bits per heavy atom. The summed E-state index contributed by atoms with van der Waals surface area (Å²) in [5.74, 6) is -0.262. The number of piperazine rings is 1. The second kappa shape index (κ2) is 5.93. The minimum absolute atomic E-state index is 0.148. The third kappa shape index (κ3) is 2.58. The van der Waals surface area contributed by atoms with Crippen LogP contribution in [0.25, 0.3) is 0 Å². The predicted molar refractivity (Wildman–Crippen MR) is 78.3 cm³/mol. The van der Waals surface area contributed by atoms with Crippen LogP contribution in [0.1, 0.15) is 36.8 Å². The van der Waals surface area contributed by atoms with Crippen LogP contribution in [-0.4, -0.2) is 46.3 Å². The van der Waals surface area contributed by atoms with E-state index in [1.165, 1.54) is 11.3 Å². The van der Waals surface area contributed by atoms with Crippen molar-refractivity contribution in [3.05, 3.63) is 17.0 Å². The fraction of sp³-hybridized carbons (Fsp3) is 0.714. The van der Waals surface area contributed by atoms with Crippen molar-refractivity contribution in [2.24, 2.45) is 5.73 Å². The molecule has 1 aromatic rings. The zero-order valence-corrected chi connectivity index (χ0v) is 12.8. The minimum Gasteiger partial charge on any atom is -0.368 e. The molecule has 0 aliphatic carbocycles. The molecular formula is C14H25N5O. The van der Waals surface area contributed by atoms with Gasteiger partial charge in [-0.15, -0.1) is 0 Å². The van der Waals surface area contributed by atoms with Crippen LogP contribution in [0.3, 0.4) is 0 Å². The van der Waals surface area contributed by atoms with Crippen LogP contribution in [-0.2, 0) is 11.3 Å². The van der Waals surface area contributed by atoms with Crippen molar-refractivity contribution < 1.29 is 4.79 Å². The predicted octanol–water partition coefficient (Wildman–Crippen LogP) is 0.340. The quantitative estimate of drug-likeness (QED) is 0.833. The Bertz CT molecular complexity index is 496. The highest BCUT2D eigenvalue weighted by Gasteiger charge is 2.33. The number of aromatic nitrogens is 2. The number of rotatable bonds is 4. The van der Waals surface area contributed by atoms with Gasteiger partial charge in [-0.2, -0.15) is 5.10 Å². The van der Waals surface area contributed by atoms with E-state index < -0.39 is 0 Å². The van der Waals surface area contributed by atoms with Gasteiger partial charge in [0.05, 0.1) is 5.69 Å². The van der Waals surface area contributed by atoms with Gasteiger partial charge in [0, 0.05) is 43.5 Å². The van der Waals surface area contributed by atoms with Crippen LogP contribution >= 0.6 is 0 Å². The van der Waals surface area contributed by atoms with Gasteiger partial charge in [0.2, 0.25) is 5.91 Å². The Morgan fingerprint density at radius 3 is 2.80 bits per heavy atom. The van der Waals surface area contributed by atoms with Gasteiger partial charge < -0.3 is 11.1 Å². The summed E-state index contributed by atoms with van der Waals surface area (Å²) in [5.41, 5.74) is 8.98. The van der Waals surface area contributed by atoms with Crippen molar-refractivity contribution in [3.8, 4) is 0 Å². The number of hydrogen-bond acceptors (Lipinski definition) is 4. The molecule has 1 aliphatic heterocycles. The summed E-state index contributed by atoms with van der Waals surface area (Å²) < 4.78 is 2.02. The molecule has 0 saturated carbocycles. The van der Waals surface area contributed by atoms with Crippen LogP contribution < -0.4 is 11.1 Å². The summed E-state index contributed by atoms with van der Waals surface area (Å²) in [6.07, 6.45) is 0. The van der Waals surface area contributed by atoms with Crippen molar-refractivity contribution in [2.75, 3.05) is 19.6 Å². The summed E-state index contributed by atoms with van der Waals surface area (Å²) in [5, 5.41) is 7.81. The molecule has 1 fully saturated rings. The molecule has 2 rings (SSSR count). The van der Waals surface area contributed by atoms with Gasteiger partial charge in [-0.05, 0) is 27.7 Å². The molecule has 1 amide bonds. The largest absolute Gasteiger partial charge is 0.368 e. The maximum atomic E-state index is 11.7. The molecule has 1 aromatic heterocycles. The SMILES string of the molecule is CCn1nc(C)c(C(C)N2CCNCC2C(N)=O)c1C. The zero-order chi connectivity index (χ0) is 14.9. The molecule has 1 aliphatic rings. The molecule has 0 aromatic carbocycles. The highest BCUT2D eigenvalue weighted by molar-refractivity contribution is 5.80. The van der Waals surface area contributed by atoms with Crippen LogP contribution in [0.5, 0.6) is 0 Å². The van der Waals surface area contributed by atoms with Gasteiger partial charge in [0.1, 0.15) is 6.04 Å². The highest BCUT2D eigenvalue weighted by atomic mass is 16.1. The fourth-order valence-corrected chi connectivity index (χ4v) is 3.24. The topological polar surface area (TPSA) is 76.2 Å². The molecule has 112 valence electrons. The van der Waals surface area contributed by atoms with Crippen molar-refractivity contribution in [3.63, 3.8) is 0 Å². The number of primary amides is 1. The van der Waals surface area contributed by atoms with E-state index in [1.54, 1.807) is 0 Å². The van der Waals surface area contributed by atoms with Crippen LogP contribution in [0.15, 0.2) is 0 Å². The van der Waals surface area contributed by atoms with E-state index in [2.05, 4.69) is 36.1 Å². The molecule has 20 heavy (non-hydrogen) atoms. The summed E-state index contributed by atoms with van der Waals surface area (Å²) in [6, 6.07) is -0.0996. The second-order valence-electron chi connectivity index (χ2n) is 5.44. The van der Waals surface area contributed by atoms with Crippen molar-refractivity contribution in [1.82, 2.24) is 20.0 Å². The molecule has 2 unspecified atom stereocenters. The number of nitrogens with one attached hydrogen (secondary N) is 1. The molecule has 2 atom stereocenters. The fourth-order valence-electron chi connectivity index (χ4n) is 3.24. The van der Waals surface area contributed by atoms with Gasteiger partial charge in [-0.1, -0.05) is 0 Å². The standard InChI is InChI=1S/C14H25N5O/c1-5-19-11(4)13(9(2)17-19)10(3)18-7-6-16-8-12(18)14(15)20/h10,12,16H,5-8H2,1-4H3,(H2,15,20). The number of nitrogens with two attached hydrogens (primary N) is 1. The van der Waals surface area contributed by atoms with E-state index in [9.17, 15) is 4.79 Å². The Kier molecular flexibility index (Phi) is 4.45. The van der Waals surface area contributed by atoms with E-state index in [0.717, 1.165) is 25.3 Å². The molecule has 6 heteroatoms. The molecule has 2 heterocycles. The van der Waals surface area contributed by atoms with Crippen molar-refractivity contribution in [2.45, 2.75) is 46.3 Å². The number of carbonyl (C=O) groups excluding carboxylic acids is 1.